The number of ether oxygens (including phenoxy) is 1. The first-order chi connectivity index (χ1) is 8.27. The van der Waals surface area contributed by atoms with Crippen LogP contribution in [0.5, 0.6) is 0 Å². The van der Waals surface area contributed by atoms with Gasteiger partial charge in [-0.3, -0.25) is 9.78 Å². The van der Waals surface area contributed by atoms with Crippen molar-refractivity contribution in [3.8, 4) is 0 Å². The van der Waals surface area contributed by atoms with Crippen LogP contribution in [0.3, 0.4) is 0 Å². The van der Waals surface area contributed by atoms with Crippen LogP contribution in [0.25, 0.3) is 0 Å². The third-order valence-corrected chi connectivity index (χ3v) is 2.73. The lowest BCUT2D eigenvalue weighted by Gasteiger charge is -2.13. The molecule has 17 heavy (non-hydrogen) atoms. The fourth-order valence-corrected chi connectivity index (χ4v) is 1.62. The molecule has 0 saturated heterocycles. The normalized spacial score (nSPS) is 12.1. The van der Waals surface area contributed by atoms with Gasteiger partial charge in [-0.05, 0) is 31.0 Å². The lowest BCUT2D eigenvalue weighted by Crippen LogP contribution is -2.30. The van der Waals surface area contributed by atoms with Gasteiger partial charge in [-0.15, -0.1) is 0 Å². The maximum absolute atomic E-state index is 11.3. The van der Waals surface area contributed by atoms with E-state index < -0.39 is 0 Å². The average Bonchev–Trinajstić information content (AvgIpc) is 2.39. The molecular weight excluding hydrogens is 216 g/mol. The smallest absolute Gasteiger partial charge is 0.309 e. The highest BCUT2D eigenvalue weighted by atomic mass is 16.5. The molecule has 0 radical (unpaired) electrons. The van der Waals surface area contributed by atoms with Crippen molar-refractivity contribution in [1.29, 1.82) is 0 Å². The highest BCUT2D eigenvalue weighted by Gasteiger charge is 2.15. The SMILES string of the molecule is CCC(CNCCc1cccnc1)C(=O)OC. The second-order valence-electron chi connectivity index (χ2n) is 3.94. The van der Waals surface area contributed by atoms with Crippen LogP contribution in [0.2, 0.25) is 0 Å². The quantitative estimate of drug-likeness (QED) is 0.574. The lowest BCUT2D eigenvalue weighted by atomic mass is 10.1. The van der Waals surface area contributed by atoms with Crippen LogP contribution in [0, 0.1) is 5.92 Å². The van der Waals surface area contributed by atoms with Gasteiger partial charge in [0.05, 0.1) is 13.0 Å². The molecule has 0 aliphatic carbocycles. The summed E-state index contributed by atoms with van der Waals surface area (Å²) in [5.41, 5.74) is 1.20. The monoisotopic (exact) mass is 236 g/mol. The summed E-state index contributed by atoms with van der Waals surface area (Å²) in [6, 6.07) is 3.98. The largest absolute Gasteiger partial charge is 0.469 e. The van der Waals surface area contributed by atoms with E-state index >= 15 is 0 Å². The van der Waals surface area contributed by atoms with Crippen LogP contribution >= 0.6 is 0 Å². The molecule has 0 amide bonds. The summed E-state index contributed by atoms with van der Waals surface area (Å²) < 4.78 is 4.73. The van der Waals surface area contributed by atoms with Crippen LogP contribution < -0.4 is 5.32 Å². The standard InChI is InChI=1S/C13H20N2O2/c1-3-12(13(16)17-2)10-15-8-6-11-5-4-7-14-9-11/h4-5,7,9,12,15H,3,6,8,10H2,1-2H3. The second-order valence-corrected chi connectivity index (χ2v) is 3.94. The molecule has 1 unspecified atom stereocenters. The van der Waals surface area contributed by atoms with Crippen molar-refractivity contribution in [2.24, 2.45) is 5.92 Å². The van der Waals surface area contributed by atoms with E-state index in [0.29, 0.717) is 6.54 Å². The molecule has 0 aromatic carbocycles. The number of pyridine rings is 1. The number of nitrogens with one attached hydrogen (secondary N) is 1. The molecule has 0 spiro atoms. The fourth-order valence-electron chi connectivity index (χ4n) is 1.62. The molecule has 0 saturated carbocycles. The van der Waals surface area contributed by atoms with E-state index in [2.05, 4.69) is 10.3 Å². The molecule has 94 valence electrons. The Kier molecular flexibility index (Phi) is 6.25. The van der Waals surface area contributed by atoms with Crippen LogP contribution in [0.1, 0.15) is 18.9 Å². The van der Waals surface area contributed by atoms with E-state index in [4.69, 9.17) is 4.74 Å². The number of methoxy groups -OCH3 is 1. The molecule has 0 fully saturated rings. The van der Waals surface area contributed by atoms with Gasteiger partial charge in [-0.25, -0.2) is 0 Å². The van der Waals surface area contributed by atoms with Gasteiger partial charge in [0.15, 0.2) is 0 Å². The first-order valence-corrected chi connectivity index (χ1v) is 5.95. The molecule has 1 aromatic rings. The summed E-state index contributed by atoms with van der Waals surface area (Å²) in [7, 11) is 1.43. The zero-order chi connectivity index (χ0) is 12.5. The van der Waals surface area contributed by atoms with E-state index in [0.717, 1.165) is 19.4 Å². The van der Waals surface area contributed by atoms with Crippen molar-refractivity contribution in [1.82, 2.24) is 10.3 Å². The number of aromatic nitrogens is 1. The van der Waals surface area contributed by atoms with Gasteiger partial charge in [0, 0.05) is 18.9 Å². The van der Waals surface area contributed by atoms with Gasteiger partial charge >= 0.3 is 5.97 Å². The van der Waals surface area contributed by atoms with Gasteiger partial charge < -0.3 is 10.1 Å². The van der Waals surface area contributed by atoms with E-state index in [9.17, 15) is 4.79 Å². The summed E-state index contributed by atoms with van der Waals surface area (Å²) in [4.78, 5) is 15.4. The van der Waals surface area contributed by atoms with E-state index in [1.54, 1.807) is 6.20 Å². The first-order valence-electron chi connectivity index (χ1n) is 5.95. The number of hydrogen-bond acceptors (Lipinski definition) is 4. The molecule has 1 atom stereocenters. The number of nitrogens with zero attached hydrogens (tertiary/aromatic N) is 1. The summed E-state index contributed by atoms with van der Waals surface area (Å²) in [5, 5.41) is 3.27. The van der Waals surface area contributed by atoms with Gasteiger partial charge in [-0.1, -0.05) is 13.0 Å². The third kappa shape index (κ3) is 4.95. The Bertz CT molecular complexity index is 327. The molecule has 1 N–H and O–H groups in total. The Hall–Kier alpha value is -1.42. The van der Waals surface area contributed by atoms with Gasteiger partial charge in [0.1, 0.15) is 0 Å². The maximum atomic E-state index is 11.3. The Morgan fingerprint density at radius 3 is 3.00 bits per heavy atom. The van der Waals surface area contributed by atoms with Crippen molar-refractivity contribution in [2.75, 3.05) is 20.2 Å². The fraction of sp³-hybridized carbons (Fsp3) is 0.538. The highest BCUT2D eigenvalue weighted by molar-refractivity contribution is 5.72. The van der Waals surface area contributed by atoms with Crippen LogP contribution in [0.4, 0.5) is 0 Å². The van der Waals surface area contributed by atoms with E-state index in [1.165, 1.54) is 12.7 Å². The molecule has 4 nitrogen and oxygen atoms in total. The molecular formula is C13H20N2O2. The van der Waals surface area contributed by atoms with E-state index in [-0.39, 0.29) is 11.9 Å². The summed E-state index contributed by atoms with van der Waals surface area (Å²) in [6.07, 6.45) is 5.35. The number of esters is 1. The zero-order valence-corrected chi connectivity index (χ0v) is 10.5. The van der Waals surface area contributed by atoms with Crippen molar-refractivity contribution < 1.29 is 9.53 Å². The summed E-state index contributed by atoms with van der Waals surface area (Å²) in [5.74, 6) is -0.185. The Morgan fingerprint density at radius 2 is 2.41 bits per heavy atom. The Labute approximate surface area is 102 Å². The maximum Gasteiger partial charge on any atom is 0.309 e. The number of carbonyl (C=O) groups is 1. The van der Waals surface area contributed by atoms with E-state index in [1.807, 2.05) is 25.3 Å². The highest BCUT2D eigenvalue weighted by Crippen LogP contribution is 2.03. The van der Waals surface area contributed by atoms with Gasteiger partial charge in [0.25, 0.3) is 0 Å². The molecule has 1 heterocycles. The van der Waals surface area contributed by atoms with Gasteiger partial charge in [-0.2, -0.15) is 0 Å². The number of rotatable bonds is 7. The minimum Gasteiger partial charge on any atom is -0.469 e. The Balaban J connectivity index is 2.21. The minimum absolute atomic E-state index is 0.0473. The topological polar surface area (TPSA) is 51.2 Å². The predicted octanol–water partition coefficient (Wildman–Crippen LogP) is 1.41. The van der Waals surface area contributed by atoms with Crippen molar-refractivity contribution in [2.45, 2.75) is 19.8 Å². The summed E-state index contributed by atoms with van der Waals surface area (Å²) in [6.45, 7) is 3.51. The molecule has 1 rings (SSSR count). The second kappa shape index (κ2) is 7.79. The molecule has 0 aliphatic heterocycles. The van der Waals surface area contributed by atoms with Gasteiger partial charge in [0.2, 0.25) is 0 Å². The van der Waals surface area contributed by atoms with Crippen molar-refractivity contribution in [3.63, 3.8) is 0 Å². The molecule has 4 heteroatoms. The first kappa shape index (κ1) is 13.6. The average molecular weight is 236 g/mol. The van der Waals surface area contributed by atoms with Crippen LogP contribution in [-0.4, -0.2) is 31.2 Å². The van der Waals surface area contributed by atoms with Crippen LogP contribution in [0.15, 0.2) is 24.5 Å². The number of carbonyl (C=O) groups excluding carboxylic acids is 1. The molecule has 0 aliphatic rings. The van der Waals surface area contributed by atoms with Crippen molar-refractivity contribution in [3.05, 3.63) is 30.1 Å². The molecule has 1 aromatic heterocycles. The molecule has 0 bridgehead atoms. The minimum atomic E-state index is -0.138. The zero-order valence-electron chi connectivity index (χ0n) is 10.5. The predicted molar refractivity (Wildman–Crippen MR) is 66.6 cm³/mol. The lowest BCUT2D eigenvalue weighted by molar-refractivity contribution is -0.145. The number of hydrogen-bond donors (Lipinski definition) is 1. The Morgan fingerprint density at radius 1 is 1.59 bits per heavy atom. The van der Waals surface area contributed by atoms with Crippen LogP contribution in [-0.2, 0) is 16.0 Å². The third-order valence-electron chi connectivity index (χ3n) is 2.73. The van der Waals surface area contributed by atoms with Crippen molar-refractivity contribution >= 4 is 5.97 Å². The summed E-state index contributed by atoms with van der Waals surface area (Å²) >= 11 is 0.